The van der Waals surface area contributed by atoms with E-state index in [1.54, 1.807) is 18.2 Å². The fraction of sp³-hybridized carbons (Fsp3) is 0.571. The van der Waals surface area contributed by atoms with Crippen molar-refractivity contribution in [3.05, 3.63) is 34.4 Å². The first-order valence-electron chi connectivity index (χ1n) is 6.51. The molecule has 0 spiro atoms. The molecule has 1 atom stereocenters. The molecule has 4 heteroatoms. The molecule has 0 aliphatic heterocycles. The van der Waals surface area contributed by atoms with E-state index in [1.807, 2.05) is 6.07 Å². The minimum atomic E-state index is -0.321. The molecule has 2 rings (SSSR count). The Morgan fingerprint density at radius 3 is 2.72 bits per heavy atom. The van der Waals surface area contributed by atoms with Crippen LogP contribution in [0.5, 0.6) is 0 Å². The van der Waals surface area contributed by atoms with Gasteiger partial charge in [-0.15, -0.1) is 0 Å². The Labute approximate surface area is 108 Å². The van der Waals surface area contributed by atoms with Crippen LogP contribution in [0.4, 0.5) is 11.4 Å². The van der Waals surface area contributed by atoms with Crippen LogP contribution in [0, 0.1) is 15.5 Å². The molecule has 1 saturated carbocycles. The number of nitro groups is 1. The second-order valence-electron chi connectivity index (χ2n) is 5.71. The molecule has 1 aromatic rings. The van der Waals surface area contributed by atoms with Gasteiger partial charge in [-0.1, -0.05) is 38.8 Å². The summed E-state index contributed by atoms with van der Waals surface area (Å²) in [5.74, 6) is 0. The SMILES string of the molecule is CC1(C)CCCCC1Nc1ccccc1[N+](=O)[O-]. The Balaban J connectivity index is 2.21. The summed E-state index contributed by atoms with van der Waals surface area (Å²) in [6, 6.07) is 7.20. The van der Waals surface area contributed by atoms with E-state index in [0.717, 1.165) is 6.42 Å². The highest BCUT2D eigenvalue weighted by Crippen LogP contribution is 2.38. The number of rotatable bonds is 3. The molecule has 1 N–H and O–H groups in total. The Morgan fingerprint density at radius 2 is 2.06 bits per heavy atom. The Kier molecular flexibility index (Phi) is 3.55. The molecule has 0 amide bonds. The van der Waals surface area contributed by atoms with Crippen molar-refractivity contribution in [1.29, 1.82) is 0 Å². The first kappa shape index (κ1) is 12.9. The van der Waals surface area contributed by atoms with Gasteiger partial charge in [0.2, 0.25) is 0 Å². The zero-order valence-electron chi connectivity index (χ0n) is 11.0. The fourth-order valence-corrected chi connectivity index (χ4v) is 2.70. The maximum absolute atomic E-state index is 11.0. The second kappa shape index (κ2) is 4.96. The topological polar surface area (TPSA) is 55.2 Å². The summed E-state index contributed by atoms with van der Waals surface area (Å²) in [7, 11) is 0. The third-order valence-corrected chi connectivity index (χ3v) is 3.94. The predicted molar refractivity (Wildman–Crippen MR) is 72.8 cm³/mol. The minimum absolute atomic E-state index is 0.166. The first-order chi connectivity index (χ1) is 8.50. The normalized spacial score (nSPS) is 22.4. The van der Waals surface area contributed by atoms with Crippen LogP contribution < -0.4 is 5.32 Å². The zero-order valence-corrected chi connectivity index (χ0v) is 11.0. The highest BCUT2D eigenvalue weighted by Gasteiger charge is 2.33. The first-order valence-corrected chi connectivity index (χ1v) is 6.51. The predicted octanol–water partition coefficient (Wildman–Crippen LogP) is 3.98. The average Bonchev–Trinajstić information content (AvgIpc) is 2.32. The molecule has 98 valence electrons. The van der Waals surface area contributed by atoms with Gasteiger partial charge in [0, 0.05) is 12.1 Å². The standard InChI is InChI=1S/C14H20N2O2/c1-14(2)10-6-5-9-13(14)15-11-7-3-4-8-12(11)16(17)18/h3-4,7-8,13,15H,5-6,9-10H2,1-2H3. The lowest BCUT2D eigenvalue weighted by molar-refractivity contribution is -0.384. The van der Waals surface area contributed by atoms with Gasteiger partial charge in [-0.2, -0.15) is 0 Å². The van der Waals surface area contributed by atoms with Crippen LogP contribution in [0.25, 0.3) is 0 Å². The fourth-order valence-electron chi connectivity index (χ4n) is 2.70. The van der Waals surface area contributed by atoms with Crippen molar-refractivity contribution in [2.24, 2.45) is 5.41 Å². The number of nitro benzene ring substituents is 1. The zero-order chi connectivity index (χ0) is 13.2. The summed E-state index contributed by atoms with van der Waals surface area (Å²) < 4.78 is 0. The van der Waals surface area contributed by atoms with Crippen molar-refractivity contribution in [2.75, 3.05) is 5.32 Å². The number of nitrogens with one attached hydrogen (secondary N) is 1. The van der Waals surface area contributed by atoms with E-state index >= 15 is 0 Å². The molecule has 1 aliphatic rings. The van der Waals surface area contributed by atoms with Crippen LogP contribution in [0.1, 0.15) is 39.5 Å². The molecule has 0 heterocycles. The molecule has 4 nitrogen and oxygen atoms in total. The molecule has 1 fully saturated rings. The van der Waals surface area contributed by atoms with Crippen LogP contribution in [-0.4, -0.2) is 11.0 Å². The molecule has 0 saturated heterocycles. The summed E-state index contributed by atoms with van der Waals surface area (Å²) >= 11 is 0. The van der Waals surface area contributed by atoms with E-state index in [2.05, 4.69) is 19.2 Å². The summed E-state index contributed by atoms with van der Waals surface area (Å²) in [6.45, 7) is 4.47. The monoisotopic (exact) mass is 248 g/mol. The van der Waals surface area contributed by atoms with E-state index in [1.165, 1.54) is 19.3 Å². The lowest BCUT2D eigenvalue weighted by atomic mass is 9.73. The summed E-state index contributed by atoms with van der Waals surface area (Å²) in [5, 5.41) is 14.4. The Morgan fingerprint density at radius 1 is 1.33 bits per heavy atom. The molecule has 0 bridgehead atoms. The third-order valence-electron chi connectivity index (χ3n) is 3.94. The van der Waals surface area contributed by atoms with Crippen molar-refractivity contribution in [3.8, 4) is 0 Å². The smallest absolute Gasteiger partial charge is 0.292 e. The van der Waals surface area contributed by atoms with Gasteiger partial charge in [-0.3, -0.25) is 10.1 Å². The van der Waals surface area contributed by atoms with Crippen LogP contribution in [-0.2, 0) is 0 Å². The maximum atomic E-state index is 11.0. The maximum Gasteiger partial charge on any atom is 0.292 e. The molecule has 18 heavy (non-hydrogen) atoms. The average molecular weight is 248 g/mol. The minimum Gasteiger partial charge on any atom is -0.376 e. The third kappa shape index (κ3) is 2.63. The van der Waals surface area contributed by atoms with E-state index in [-0.39, 0.29) is 16.0 Å². The molecule has 0 radical (unpaired) electrons. The quantitative estimate of drug-likeness (QED) is 0.650. The molecule has 1 aromatic carbocycles. The molecular weight excluding hydrogens is 228 g/mol. The van der Waals surface area contributed by atoms with E-state index in [9.17, 15) is 10.1 Å². The van der Waals surface area contributed by atoms with Crippen molar-refractivity contribution >= 4 is 11.4 Å². The largest absolute Gasteiger partial charge is 0.376 e. The van der Waals surface area contributed by atoms with Gasteiger partial charge >= 0.3 is 0 Å². The van der Waals surface area contributed by atoms with E-state index < -0.39 is 0 Å². The van der Waals surface area contributed by atoms with Crippen molar-refractivity contribution in [1.82, 2.24) is 0 Å². The summed E-state index contributed by atoms with van der Waals surface area (Å²) in [4.78, 5) is 10.7. The molecular formula is C14H20N2O2. The van der Waals surface area contributed by atoms with Crippen molar-refractivity contribution in [3.63, 3.8) is 0 Å². The number of nitrogens with zero attached hydrogens (tertiary/aromatic N) is 1. The second-order valence-corrected chi connectivity index (χ2v) is 5.71. The lowest BCUT2D eigenvalue weighted by Crippen LogP contribution is -2.39. The van der Waals surface area contributed by atoms with E-state index in [4.69, 9.17) is 0 Å². The molecule has 1 unspecified atom stereocenters. The van der Waals surface area contributed by atoms with Crippen molar-refractivity contribution in [2.45, 2.75) is 45.6 Å². The van der Waals surface area contributed by atoms with Crippen LogP contribution >= 0.6 is 0 Å². The van der Waals surface area contributed by atoms with Crippen LogP contribution in [0.15, 0.2) is 24.3 Å². The molecule has 0 aromatic heterocycles. The van der Waals surface area contributed by atoms with Crippen molar-refractivity contribution < 1.29 is 4.92 Å². The highest BCUT2D eigenvalue weighted by molar-refractivity contribution is 5.61. The number of hydrogen-bond acceptors (Lipinski definition) is 3. The van der Waals surface area contributed by atoms with E-state index in [0.29, 0.717) is 11.7 Å². The van der Waals surface area contributed by atoms with Gasteiger partial charge in [0.1, 0.15) is 5.69 Å². The Bertz CT molecular complexity index is 443. The van der Waals surface area contributed by atoms with Gasteiger partial charge in [-0.05, 0) is 24.3 Å². The van der Waals surface area contributed by atoms with Gasteiger partial charge in [0.15, 0.2) is 0 Å². The summed E-state index contributed by atoms with van der Waals surface area (Å²) in [6.07, 6.45) is 4.70. The molecule has 1 aliphatic carbocycles. The number of benzene rings is 1. The number of hydrogen-bond donors (Lipinski definition) is 1. The van der Waals surface area contributed by atoms with Gasteiger partial charge in [0.05, 0.1) is 4.92 Å². The van der Waals surface area contributed by atoms with Gasteiger partial charge in [-0.25, -0.2) is 0 Å². The van der Waals surface area contributed by atoms with Gasteiger partial charge in [0.25, 0.3) is 5.69 Å². The lowest BCUT2D eigenvalue weighted by Gasteiger charge is -2.39. The van der Waals surface area contributed by atoms with Crippen LogP contribution in [0.2, 0.25) is 0 Å². The number of anilines is 1. The van der Waals surface area contributed by atoms with Gasteiger partial charge < -0.3 is 5.32 Å². The summed E-state index contributed by atoms with van der Waals surface area (Å²) in [5.41, 5.74) is 1.00. The number of para-hydroxylation sites is 2. The highest BCUT2D eigenvalue weighted by atomic mass is 16.6. The van der Waals surface area contributed by atoms with Crippen LogP contribution in [0.3, 0.4) is 0 Å². The Hall–Kier alpha value is -1.58.